The number of aliphatic imine (C=N–C) groups is 1. The van der Waals surface area contributed by atoms with Crippen LogP contribution in [-0.4, -0.2) is 18.3 Å². The number of methoxy groups -OCH3 is 1. The lowest BCUT2D eigenvalue weighted by atomic mass is 10.2. The number of hydroxylamine groups is 1. The minimum Gasteiger partial charge on any atom is -0.497 e. The quantitative estimate of drug-likeness (QED) is 0.372. The molecule has 0 heterocycles. The van der Waals surface area contributed by atoms with E-state index in [2.05, 4.69) is 4.99 Å². The van der Waals surface area contributed by atoms with Gasteiger partial charge in [-0.25, -0.2) is 10.5 Å². The zero-order chi connectivity index (χ0) is 10.6. The normalized spacial score (nSPS) is 11.2. The van der Waals surface area contributed by atoms with Crippen LogP contribution in [0.5, 0.6) is 5.75 Å². The van der Waals surface area contributed by atoms with Crippen molar-refractivity contribution in [3.63, 3.8) is 0 Å². The highest BCUT2D eigenvalue weighted by Gasteiger charge is 1.99. The summed E-state index contributed by atoms with van der Waals surface area (Å²) >= 11 is 0. The lowest BCUT2D eigenvalue weighted by Crippen LogP contribution is -2.27. The predicted molar refractivity (Wildman–Crippen MR) is 53.9 cm³/mol. The highest BCUT2D eigenvalue weighted by molar-refractivity contribution is 5.80. The topological polar surface area (TPSA) is 79.9 Å². The Morgan fingerprint density at radius 2 is 2.29 bits per heavy atom. The molecule has 0 aromatic heterocycles. The number of hydrogen-bond acceptors (Lipinski definition) is 3. The summed E-state index contributed by atoms with van der Waals surface area (Å²) in [5, 5.41) is 8.46. The lowest BCUT2D eigenvalue weighted by molar-refractivity contribution is 0.233. The molecular formula is C9H13N3O2. The average molecular weight is 195 g/mol. The van der Waals surface area contributed by atoms with Gasteiger partial charge < -0.3 is 10.5 Å². The van der Waals surface area contributed by atoms with Gasteiger partial charge in [-0.3, -0.25) is 5.21 Å². The summed E-state index contributed by atoms with van der Waals surface area (Å²) in [5.41, 5.74) is 8.67. The first-order valence-corrected chi connectivity index (χ1v) is 4.06. The summed E-state index contributed by atoms with van der Waals surface area (Å²) in [7, 11) is 1.60. The van der Waals surface area contributed by atoms with E-state index in [0.29, 0.717) is 5.69 Å². The number of guanidine groups is 1. The summed E-state index contributed by atoms with van der Waals surface area (Å²) in [6.45, 7) is 1.88. The van der Waals surface area contributed by atoms with Crippen LogP contribution in [0.25, 0.3) is 0 Å². The van der Waals surface area contributed by atoms with Crippen LogP contribution in [0.1, 0.15) is 5.56 Å². The van der Waals surface area contributed by atoms with E-state index >= 15 is 0 Å². The van der Waals surface area contributed by atoms with Crippen molar-refractivity contribution < 1.29 is 9.94 Å². The number of benzene rings is 1. The van der Waals surface area contributed by atoms with Crippen molar-refractivity contribution in [2.24, 2.45) is 10.7 Å². The minimum absolute atomic E-state index is 0.0433. The first-order chi connectivity index (χ1) is 6.67. The third-order valence-corrected chi connectivity index (χ3v) is 1.76. The molecule has 76 valence electrons. The Morgan fingerprint density at radius 1 is 1.57 bits per heavy atom. The number of ether oxygens (including phenoxy) is 1. The summed E-state index contributed by atoms with van der Waals surface area (Å²) < 4.78 is 5.04. The zero-order valence-electron chi connectivity index (χ0n) is 8.11. The molecule has 0 aliphatic heterocycles. The average Bonchev–Trinajstić information content (AvgIpc) is 2.20. The highest BCUT2D eigenvalue weighted by atomic mass is 16.5. The number of nitrogens with two attached hydrogens (primary N) is 1. The molecule has 5 heteroatoms. The molecule has 0 fully saturated rings. The van der Waals surface area contributed by atoms with Crippen molar-refractivity contribution in [3.8, 4) is 5.75 Å². The molecule has 0 saturated carbocycles. The van der Waals surface area contributed by atoms with Crippen molar-refractivity contribution in [2.45, 2.75) is 6.92 Å². The van der Waals surface area contributed by atoms with Crippen LogP contribution >= 0.6 is 0 Å². The molecule has 1 rings (SSSR count). The number of nitrogens with zero attached hydrogens (tertiary/aromatic N) is 1. The van der Waals surface area contributed by atoms with Crippen molar-refractivity contribution in [1.82, 2.24) is 5.48 Å². The van der Waals surface area contributed by atoms with Gasteiger partial charge >= 0.3 is 0 Å². The maximum atomic E-state index is 8.46. The minimum atomic E-state index is -0.0433. The number of hydrogen-bond donors (Lipinski definition) is 3. The number of aryl methyl sites for hydroxylation is 1. The monoisotopic (exact) mass is 195 g/mol. The Balaban J connectivity index is 3.00. The lowest BCUT2D eigenvalue weighted by Gasteiger charge is -2.04. The van der Waals surface area contributed by atoms with Crippen molar-refractivity contribution in [3.05, 3.63) is 23.8 Å². The predicted octanol–water partition coefficient (Wildman–Crippen LogP) is 0.929. The molecule has 1 aromatic rings. The molecule has 4 N–H and O–H groups in total. The second kappa shape index (κ2) is 4.48. The van der Waals surface area contributed by atoms with Gasteiger partial charge in [-0.05, 0) is 30.7 Å². The maximum Gasteiger partial charge on any atom is 0.218 e. The summed E-state index contributed by atoms with van der Waals surface area (Å²) in [4.78, 5) is 3.93. The van der Waals surface area contributed by atoms with Crippen LogP contribution in [0.2, 0.25) is 0 Å². The molecule has 0 atom stereocenters. The molecule has 0 aliphatic carbocycles. The third kappa shape index (κ3) is 2.37. The summed E-state index contributed by atoms with van der Waals surface area (Å²) in [6, 6.07) is 5.37. The molecular weight excluding hydrogens is 182 g/mol. The molecule has 0 spiro atoms. The molecule has 0 saturated heterocycles. The Bertz CT molecular complexity index is 350. The van der Waals surface area contributed by atoms with Gasteiger partial charge in [0.25, 0.3) is 0 Å². The van der Waals surface area contributed by atoms with Crippen LogP contribution < -0.4 is 16.0 Å². The number of rotatable bonds is 2. The maximum absolute atomic E-state index is 8.46. The Kier molecular flexibility index (Phi) is 3.30. The second-order valence-corrected chi connectivity index (χ2v) is 2.76. The molecule has 0 unspecified atom stereocenters. The van der Waals surface area contributed by atoms with Crippen LogP contribution in [-0.2, 0) is 0 Å². The van der Waals surface area contributed by atoms with Crippen LogP contribution in [0, 0.1) is 6.92 Å². The molecule has 14 heavy (non-hydrogen) atoms. The van der Waals surface area contributed by atoms with Gasteiger partial charge in [0.05, 0.1) is 12.8 Å². The van der Waals surface area contributed by atoms with Gasteiger partial charge in [0.15, 0.2) is 0 Å². The van der Waals surface area contributed by atoms with Crippen molar-refractivity contribution in [1.29, 1.82) is 0 Å². The second-order valence-electron chi connectivity index (χ2n) is 2.76. The highest BCUT2D eigenvalue weighted by Crippen LogP contribution is 2.23. The van der Waals surface area contributed by atoms with Gasteiger partial charge in [-0.2, -0.15) is 0 Å². The van der Waals surface area contributed by atoms with E-state index in [1.54, 1.807) is 24.7 Å². The first-order valence-electron chi connectivity index (χ1n) is 4.06. The molecule has 5 nitrogen and oxygen atoms in total. The first kappa shape index (κ1) is 10.3. The van der Waals surface area contributed by atoms with Gasteiger partial charge in [-0.15, -0.1) is 0 Å². The van der Waals surface area contributed by atoms with Crippen LogP contribution in [0.3, 0.4) is 0 Å². The van der Waals surface area contributed by atoms with Crippen molar-refractivity contribution >= 4 is 11.6 Å². The van der Waals surface area contributed by atoms with E-state index in [9.17, 15) is 0 Å². The fourth-order valence-electron chi connectivity index (χ4n) is 1.04. The smallest absolute Gasteiger partial charge is 0.218 e. The van der Waals surface area contributed by atoms with Gasteiger partial charge in [0.2, 0.25) is 5.96 Å². The van der Waals surface area contributed by atoms with E-state index in [-0.39, 0.29) is 5.96 Å². The largest absolute Gasteiger partial charge is 0.497 e. The molecule has 1 aromatic carbocycles. The standard InChI is InChI=1S/C9H13N3O2/c1-6-5-7(14-2)3-4-8(6)11-9(10)12-13/h3-5,13H,1-2H3,(H3,10,11,12). The Hall–Kier alpha value is -1.75. The molecule has 0 bridgehead atoms. The Labute approximate surface area is 82.2 Å². The van der Waals surface area contributed by atoms with E-state index < -0.39 is 0 Å². The molecule has 0 aliphatic rings. The van der Waals surface area contributed by atoms with Gasteiger partial charge in [0.1, 0.15) is 5.75 Å². The van der Waals surface area contributed by atoms with Gasteiger partial charge in [-0.1, -0.05) is 0 Å². The van der Waals surface area contributed by atoms with E-state index in [4.69, 9.17) is 15.7 Å². The fourth-order valence-corrected chi connectivity index (χ4v) is 1.04. The summed E-state index contributed by atoms with van der Waals surface area (Å²) in [5.74, 6) is 0.718. The van der Waals surface area contributed by atoms with Gasteiger partial charge in [0, 0.05) is 0 Å². The third-order valence-electron chi connectivity index (χ3n) is 1.76. The van der Waals surface area contributed by atoms with Crippen LogP contribution in [0.15, 0.2) is 23.2 Å². The molecule has 0 amide bonds. The Morgan fingerprint density at radius 3 is 2.79 bits per heavy atom. The summed E-state index contributed by atoms with van der Waals surface area (Å²) in [6.07, 6.45) is 0. The van der Waals surface area contributed by atoms with Crippen LogP contribution in [0.4, 0.5) is 5.69 Å². The SMILES string of the molecule is COc1ccc(N=C(N)NO)c(C)c1. The van der Waals surface area contributed by atoms with E-state index in [1.807, 2.05) is 13.0 Å². The molecule has 0 radical (unpaired) electrons. The van der Waals surface area contributed by atoms with E-state index in [0.717, 1.165) is 11.3 Å². The fraction of sp³-hybridized carbons (Fsp3) is 0.222. The number of nitrogens with one attached hydrogen (secondary N) is 1. The zero-order valence-corrected chi connectivity index (χ0v) is 8.11. The van der Waals surface area contributed by atoms with Crippen molar-refractivity contribution in [2.75, 3.05) is 7.11 Å². The van der Waals surface area contributed by atoms with E-state index in [1.165, 1.54) is 0 Å².